The molecule has 2 nitrogen and oxygen atoms in total. The zero-order valence-electron chi connectivity index (χ0n) is 13.1. The average molecular weight is 419 g/mol. The molecule has 1 aliphatic carbocycles. The van der Waals surface area contributed by atoms with Crippen LogP contribution in [0.1, 0.15) is 45.6 Å². The van der Waals surface area contributed by atoms with Gasteiger partial charge in [0.2, 0.25) is 0 Å². The van der Waals surface area contributed by atoms with Crippen LogP contribution in [0.3, 0.4) is 0 Å². The molecule has 0 bridgehead atoms. The summed E-state index contributed by atoms with van der Waals surface area (Å²) in [4.78, 5) is 0. The smallest absolute Gasteiger partial charge is 0.147 e. The van der Waals surface area contributed by atoms with Gasteiger partial charge in [0.25, 0.3) is 0 Å². The number of benzene rings is 1. The van der Waals surface area contributed by atoms with E-state index >= 15 is 0 Å². The van der Waals surface area contributed by atoms with Gasteiger partial charge in [-0.1, -0.05) is 20.3 Å². The molecular formula is C17H25Br2NO. The first-order chi connectivity index (χ1) is 10.1. The molecule has 21 heavy (non-hydrogen) atoms. The van der Waals surface area contributed by atoms with Gasteiger partial charge in [-0.2, -0.15) is 0 Å². The molecule has 3 atom stereocenters. The fourth-order valence-electron chi connectivity index (χ4n) is 3.36. The third-order valence-electron chi connectivity index (χ3n) is 4.67. The molecule has 3 unspecified atom stereocenters. The van der Waals surface area contributed by atoms with Crippen LogP contribution in [0.15, 0.2) is 21.1 Å². The molecular weight excluding hydrogens is 394 g/mol. The van der Waals surface area contributed by atoms with Crippen LogP contribution in [0, 0.1) is 11.8 Å². The molecule has 0 radical (unpaired) electrons. The van der Waals surface area contributed by atoms with Gasteiger partial charge < -0.3 is 10.1 Å². The minimum atomic E-state index is 0.652. The van der Waals surface area contributed by atoms with E-state index in [-0.39, 0.29) is 0 Å². The predicted octanol–water partition coefficient (Wildman–Crippen LogP) is 5.52. The number of rotatable bonds is 6. The molecule has 4 heteroatoms. The number of halogens is 2. The number of hydrogen-bond donors (Lipinski definition) is 1. The molecule has 118 valence electrons. The van der Waals surface area contributed by atoms with Crippen molar-refractivity contribution in [1.82, 2.24) is 5.32 Å². The van der Waals surface area contributed by atoms with Crippen molar-refractivity contribution in [3.8, 4) is 5.75 Å². The van der Waals surface area contributed by atoms with Gasteiger partial charge in [0.1, 0.15) is 5.75 Å². The van der Waals surface area contributed by atoms with Gasteiger partial charge >= 0.3 is 0 Å². The van der Waals surface area contributed by atoms with Crippen molar-refractivity contribution in [2.45, 2.75) is 52.6 Å². The third kappa shape index (κ3) is 4.23. The Bertz CT molecular complexity index is 455. The normalized spacial score (nSPS) is 25.3. The van der Waals surface area contributed by atoms with Crippen molar-refractivity contribution in [1.29, 1.82) is 0 Å². The van der Waals surface area contributed by atoms with Gasteiger partial charge in [-0.15, -0.1) is 0 Å². The Morgan fingerprint density at radius 1 is 1.19 bits per heavy atom. The highest BCUT2D eigenvalue weighted by Gasteiger charge is 2.30. The molecule has 0 heterocycles. The topological polar surface area (TPSA) is 21.3 Å². The minimum Gasteiger partial charge on any atom is -0.492 e. The number of nitrogens with one attached hydrogen (secondary N) is 1. The van der Waals surface area contributed by atoms with E-state index < -0.39 is 0 Å². The van der Waals surface area contributed by atoms with Crippen molar-refractivity contribution in [2.75, 3.05) is 6.61 Å². The average Bonchev–Trinajstić information content (AvgIpc) is 2.81. The van der Waals surface area contributed by atoms with Crippen LogP contribution in [-0.2, 0) is 6.54 Å². The first-order valence-electron chi connectivity index (χ1n) is 7.90. The zero-order valence-corrected chi connectivity index (χ0v) is 16.3. The molecule has 0 aliphatic heterocycles. The maximum absolute atomic E-state index is 5.63. The third-order valence-corrected chi connectivity index (χ3v) is 5.84. The first-order valence-corrected chi connectivity index (χ1v) is 9.49. The second-order valence-corrected chi connectivity index (χ2v) is 7.62. The highest BCUT2D eigenvalue weighted by molar-refractivity contribution is 9.11. The minimum absolute atomic E-state index is 0.652. The Morgan fingerprint density at radius 2 is 1.86 bits per heavy atom. The van der Waals surface area contributed by atoms with Gasteiger partial charge in [0, 0.05) is 12.6 Å². The van der Waals surface area contributed by atoms with E-state index in [1.807, 2.05) is 6.92 Å². The molecule has 0 aromatic heterocycles. The summed E-state index contributed by atoms with van der Waals surface area (Å²) < 4.78 is 7.66. The van der Waals surface area contributed by atoms with Gasteiger partial charge in [0.05, 0.1) is 15.6 Å². The van der Waals surface area contributed by atoms with Crippen molar-refractivity contribution >= 4 is 31.9 Å². The Hall–Kier alpha value is -0.0600. The second-order valence-electron chi connectivity index (χ2n) is 5.91. The predicted molar refractivity (Wildman–Crippen MR) is 95.8 cm³/mol. The van der Waals surface area contributed by atoms with Crippen LogP contribution < -0.4 is 10.1 Å². The monoisotopic (exact) mass is 417 g/mol. The summed E-state index contributed by atoms with van der Waals surface area (Å²) in [6.45, 7) is 8.29. The summed E-state index contributed by atoms with van der Waals surface area (Å²) in [6, 6.07) is 4.96. The van der Waals surface area contributed by atoms with E-state index in [1.54, 1.807) is 0 Å². The van der Waals surface area contributed by atoms with Gasteiger partial charge in [-0.05, 0) is 81.2 Å². The summed E-state index contributed by atoms with van der Waals surface area (Å²) in [6.07, 6.45) is 3.98. The SMILES string of the molecule is CCOc1c(Br)cc(CNC2CCC(CC)C2C)cc1Br. The summed E-state index contributed by atoms with van der Waals surface area (Å²) in [7, 11) is 0. The Kier molecular flexibility index (Phi) is 6.57. The van der Waals surface area contributed by atoms with Crippen molar-refractivity contribution < 1.29 is 4.74 Å². The molecule has 1 aromatic rings. The summed E-state index contributed by atoms with van der Waals surface area (Å²) >= 11 is 7.20. The van der Waals surface area contributed by atoms with Crippen molar-refractivity contribution in [3.63, 3.8) is 0 Å². The van der Waals surface area contributed by atoms with Crippen LogP contribution in [0.25, 0.3) is 0 Å². The quantitative estimate of drug-likeness (QED) is 0.656. The van der Waals surface area contributed by atoms with E-state index in [1.165, 1.54) is 24.8 Å². The molecule has 1 fully saturated rings. The molecule has 1 aromatic carbocycles. The van der Waals surface area contributed by atoms with E-state index in [9.17, 15) is 0 Å². The maximum atomic E-state index is 5.63. The van der Waals surface area contributed by atoms with Crippen LogP contribution in [0.5, 0.6) is 5.75 Å². The van der Waals surface area contributed by atoms with E-state index in [4.69, 9.17) is 4.74 Å². The summed E-state index contributed by atoms with van der Waals surface area (Å²) in [5, 5.41) is 3.74. The summed E-state index contributed by atoms with van der Waals surface area (Å²) in [5.74, 6) is 2.56. The largest absolute Gasteiger partial charge is 0.492 e. The van der Waals surface area contributed by atoms with Crippen LogP contribution in [0.4, 0.5) is 0 Å². The Morgan fingerprint density at radius 3 is 2.38 bits per heavy atom. The lowest BCUT2D eigenvalue weighted by Gasteiger charge is -2.21. The van der Waals surface area contributed by atoms with E-state index in [2.05, 4.69) is 63.2 Å². The van der Waals surface area contributed by atoms with Crippen LogP contribution in [-0.4, -0.2) is 12.6 Å². The molecule has 1 saturated carbocycles. The van der Waals surface area contributed by atoms with Gasteiger partial charge in [0.15, 0.2) is 0 Å². The van der Waals surface area contributed by atoms with Crippen molar-refractivity contribution in [3.05, 3.63) is 26.6 Å². The fourth-order valence-corrected chi connectivity index (χ4v) is 4.87. The zero-order chi connectivity index (χ0) is 15.4. The van der Waals surface area contributed by atoms with Crippen LogP contribution >= 0.6 is 31.9 Å². The molecule has 1 aliphatic rings. The first kappa shape index (κ1) is 17.3. The number of ether oxygens (including phenoxy) is 1. The van der Waals surface area contributed by atoms with Crippen LogP contribution in [0.2, 0.25) is 0 Å². The van der Waals surface area contributed by atoms with Gasteiger partial charge in [-0.25, -0.2) is 0 Å². The lowest BCUT2D eigenvalue weighted by Crippen LogP contribution is -2.32. The molecule has 0 saturated heterocycles. The van der Waals surface area contributed by atoms with Gasteiger partial charge in [-0.3, -0.25) is 0 Å². The molecule has 0 spiro atoms. The molecule has 0 amide bonds. The highest BCUT2D eigenvalue weighted by Crippen LogP contribution is 2.36. The lowest BCUT2D eigenvalue weighted by molar-refractivity contribution is 0.335. The Labute approximate surface area is 145 Å². The second kappa shape index (κ2) is 7.98. The van der Waals surface area contributed by atoms with E-state index in [0.29, 0.717) is 12.6 Å². The molecule has 1 N–H and O–H groups in total. The molecule has 2 rings (SSSR count). The standard InChI is InChI=1S/C17H25Br2NO/c1-4-13-6-7-16(11(13)3)20-10-12-8-14(18)17(21-5-2)15(19)9-12/h8-9,11,13,16,20H,4-7,10H2,1-3H3. The number of hydrogen-bond acceptors (Lipinski definition) is 2. The lowest BCUT2D eigenvalue weighted by atomic mass is 9.93. The van der Waals surface area contributed by atoms with Crippen molar-refractivity contribution in [2.24, 2.45) is 11.8 Å². The summed E-state index contributed by atoms with van der Waals surface area (Å²) in [5.41, 5.74) is 1.28. The fraction of sp³-hybridized carbons (Fsp3) is 0.647. The maximum Gasteiger partial charge on any atom is 0.147 e. The van der Waals surface area contributed by atoms with E-state index in [0.717, 1.165) is 33.1 Å². The Balaban J connectivity index is 1.98. The highest BCUT2D eigenvalue weighted by atomic mass is 79.9.